The molecule has 1 atom stereocenters. The highest BCUT2D eigenvalue weighted by molar-refractivity contribution is 5.85. The van der Waals surface area contributed by atoms with Gasteiger partial charge in [0, 0.05) is 12.7 Å². The van der Waals surface area contributed by atoms with Gasteiger partial charge in [0.05, 0.1) is 17.2 Å². The van der Waals surface area contributed by atoms with Crippen LogP contribution in [0.5, 0.6) is 0 Å². The molecule has 1 aliphatic heterocycles. The van der Waals surface area contributed by atoms with E-state index < -0.39 is 0 Å². The molecule has 1 fully saturated rings. The Morgan fingerprint density at radius 1 is 1.04 bits per heavy atom. The van der Waals surface area contributed by atoms with E-state index >= 15 is 0 Å². The molecule has 0 spiro atoms. The lowest BCUT2D eigenvalue weighted by molar-refractivity contribution is 0.537. The van der Waals surface area contributed by atoms with E-state index in [-0.39, 0.29) is 11.7 Å². The van der Waals surface area contributed by atoms with Gasteiger partial charge in [-0.25, -0.2) is 9.78 Å². The third-order valence-electron chi connectivity index (χ3n) is 5.02. The van der Waals surface area contributed by atoms with E-state index in [2.05, 4.69) is 34.6 Å². The number of fused-ring (bicyclic) bond motifs is 2. The van der Waals surface area contributed by atoms with Crippen molar-refractivity contribution in [3.05, 3.63) is 71.3 Å². The van der Waals surface area contributed by atoms with Crippen molar-refractivity contribution in [1.82, 2.24) is 19.4 Å². The van der Waals surface area contributed by atoms with Gasteiger partial charge in [0.25, 0.3) is 0 Å². The van der Waals surface area contributed by atoms with Gasteiger partial charge in [-0.15, -0.1) is 0 Å². The molecule has 0 amide bonds. The number of hydrogen-bond donors (Lipinski definition) is 1. The summed E-state index contributed by atoms with van der Waals surface area (Å²) in [6.07, 6.45) is 2.71. The summed E-state index contributed by atoms with van der Waals surface area (Å²) in [7, 11) is 0. The molecule has 5 heteroatoms. The number of pyridine rings is 1. The molecule has 1 unspecified atom stereocenters. The van der Waals surface area contributed by atoms with Crippen molar-refractivity contribution in [3.8, 4) is 5.69 Å². The van der Waals surface area contributed by atoms with Crippen LogP contribution in [0.3, 0.4) is 0 Å². The second-order valence-corrected chi connectivity index (χ2v) is 6.51. The molecular formula is C20H18N4O. The van der Waals surface area contributed by atoms with Crippen LogP contribution < -0.4 is 11.0 Å². The molecule has 25 heavy (non-hydrogen) atoms. The molecule has 4 aromatic rings. The fourth-order valence-corrected chi connectivity index (χ4v) is 3.80. The molecule has 124 valence electrons. The van der Waals surface area contributed by atoms with Gasteiger partial charge in [-0.1, -0.05) is 30.3 Å². The van der Waals surface area contributed by atoms with Gasteiger partial charge in [-0.05, 0) is 48.0 Å². The predicted octanol–water partition coefficient (Wildman–Crippen LogP) is 2.87. The van der Waals surface area contributed by atoms with Crippen molar-refractivity contribution in [1.29, 1.82) is 0 Å². The zero-order valence-electron chi connectivity index (χ0n) is 13.7. The number of nitrogens with one attached hydrogen (secondary N) is 1. The maximum absolute atomic E-state index is 13.3. The lowest BCUT2D eigenvalue weighted by atomic mass is 10.1. The molecule has 3 heterocycles. The van der Waals surface area contributed by atoms with E-state index in [4.69, 9.17) is 0 Å². The van der Waals surface area contributed by atoms with Crippen LogP contribution in [0.1, 0.15) is 12.5 Å². The summed E-state index contributed by atoms with van der Waals surface area (Å²) in [5, 5.41) is 5.63. The summed E-state index contributed by atoms with van der Waals surface area (Å²) >= 11 is 0. The van der Waals surface area contributed by atoms with E-state index in [1.165, 1.54) is 5.39 Å². The number of benzene rings is 2. The largest absolute Gasteiger partial charge is 0.335 e. The van der Waals surface area contributed by atoms with Gasteiger partial charge >= 0.3 is 5.69 Å². The molecule has 1 aliphatic rings. The standard InChI is InChI=1S/C20H18N4O/c25-20-23(16-8-7-14-4-1-2-5-15(14)12-16)18-6-3-10-22-19(18)24(20)17-9-11-21-13-17/h1-8,10,12,17,21H,9,11,13H2. The van der Waals surface area contributed by atoms with E-state index in [1.54, 1.807) is 10.8 Å². The van der Waals surface area contributed by atoms with Crippen LogP contribution in [-0.4, -0.2) is 27.2 Å². The minimum atomic E-state index is -0.0160. The van der Waals surface area contributed by atoms with Gasteiger partial charge in [0.15, 0.2) is 5.65 Å². The average molecular weight is 330 g/mol. The Kier molecular flexibility index (Phi) is 3.21. The van der Waals surface area contributed by atoms with Crippen molar-refractivity contribution in [2.24, 2.45) is 0 Å². The maximum atomic E-state index is 13.3. The Hall–Kier alpha value is -2.92. The van der Waals surface area contributed by atoms with Crippen molar-refractivity contribution in [3.63, 3.8) is 0 Å². The van der Waals surface area contributed by atoms with Crippen LogP contribution in [0.15, 0.2) is 65.6 Å². The molecule has 2 aromatic heterocycles. The highest BCUT2D eigenvalue weighted by atomic mass is 16.1. The second kappa shape index (κ2) is 5.57. The van der Waals surface area contributed by atoms with Crippen LogP contribution in [-0.2, 0) is 0 Å². The zero-order chi connectivity index (χ0) is 16.8. The summed E-state index contributed by atoms with van der Waals surface area (Å²) in [4.78, 5) is 17.8. The first-order valence-electron chi connectivity index (χ1n) is 8.61. The first-order chi connectivity index (χ1) is 12.3. The smallest absolute Gasteiger partial charge is 0.315 e. The summed E-state index contributed by atoms with van der Waals surface area (Å²) in [5.41, 5.74) is 2.48. The highest BCUT2D eigenvalue weighted by Gasteiger charge is 2.24. The second-order valence-electron chi connectivity index (χ2n) is 6.51. The summed E-state index contributed by atoms with van der Waals surface area (Å²) < 4.78 is 3.64. The first kappa shape index (κ1) is 14.4. The Labute approximate surface area is 144 Å². The van der Waals surface area contributed by atoms with Crippen molar-refractivity contribution < 1.29 is 0 Å². The number of aromatic nitrogens is 3. The fraction of sp³-hybridized carbons (Fsp3) is 0.200. The SMILES string of the molecule is O=c1n(-c2ccc3ccccc3c2)c2cccnc2n1C1CCNC1. The molecule has 1 N–H and O–H groups in total. The fourth-order valence-electron chi connectivity index (χ4n) is 3.80. The normalized spacial score (nSPS) is 17.5. The van der Waals surface area contributed by atoms with Gasteiger partial charge in [0.1, 0.15) is 0 Å². The topological polar surface area (TPSA) is 51.9 Å². The van der Waals surface area contributed by atoms with Gasteiger partial charge in [-0.3, -0.25) is 9.13 Å². The lowest BCUT2D eigenvalue weighted by Crippen LogP contribution is -2.28. The highest BCUT2D eigenvalue weighted by Crippen LogP contribution is 2.24. The van der Waals surface area contributed by atoms with Crippen LogP contribution in [0.4, 0.5) is 0 Å². The summed E-state index contributed by atoms with van der Waals surface area (Å²) in [6, 6.07) is 18.3. The molecule has 5 nitrogen and oxygen atoms in total. The molecule has 5 rings (SSSR count). The predicted molar refractivity (Wildman–Crippen MR) is 99.4 cm³/mol. The minimum absolute atomic E-state index is 0.0160. The van der Waals surface area contributed by atoms with Crippen molar-refractivity contribution in [2.45, 2.75) is 12.5 Å². The molecule has 0 bridgehead atoms. The minimum Gasteiger partial charge on any atom is -0.315 e. The maximum Gasteiger partial charge on any atom is 0.335 e. The third kappa shape index (κ3) is 2.20. The Morgan fingerprint density at radius 3 is 2.76 bits per heavy atom. The van der Waals surface area contributed by atoms with Gasteiger partial charge in [-0.2, -0.15) is 0 Å². The molecule has 0 aliphatic carbocycles. The molecule has 1 saturated heterocycles. The number of nitrogens with zero attached hydrogens (tertiary/aromatic N) is 3. The Bertz CT molecular complexity index is 1140. The van der Waals surface area contributed by atoms with E-state index in [9.17, 15) is 4.79 Å². The van der Waals surface area contributed by atoms with E-state index in [0.29, 0.717) is 0 Å². The van der Waals surface area contributed by atoms with Gasteiger partial charge < -0.3 is 5.32 Å². The lowest BCUT2D eigenvalue weighted by Gasteiger charge is -2.09. The van der Waals surface area contributed by atoms with Crippen molar-refractivity contribution >= 4 is 21.9 Å². The van der Waals surface area contributed by atoms with Crippen LogP contribution in [0.2, 0.25) is 0 Å². The molecule has 2 aromatic carbocycles. The summed E-state index contributed by atoms with van der Waals surface area (Å²) in [5.74, 6) is 0. The van der Waals surface area contributed by atoms with Gasteiger partial charge in [0.2, 0.25) is 0 Å². The molecular weight excluding hydrogens is 312 g/mol. The first-order valence-corrected chi connectivity index (χ1v) is 8.61. The van der Waals surface area contributed by atoms with E-state index in [0.717, 1.165) is 41.7 Å². The molecule has 0 saturated carbocycles. The number of hydrogen-bond acceptors (Lipinski definition) is 3. The summed E-state index contributed by atoms with van der Waals surface area (Å²) in [6.45, 7) is 1.75. The monoisotopic (exact) mass is 330 g/mol. The van der Waals surface area contributed by atoms with Crippen LogP contribution >= 0.6 is 0 Å². The quantitative estimate of drug-likeness (QED) is 0.615. The zero-order valence-corrected chi connectivity index (χ0v) is 13.7. The molecule has 0 radical (unpaired) electrons. The van der Waals surface area contributed by atoms with E-state index in [1.807, 2.05) is 34.9 Å². The Balaban J connectivity index is 1.80. The number of rotatable bonds is 2. The third-order valence-corrected chi connectivity index (χ3v) is 5.02. The Morgan fingerprint density at radius 2 is 1.92 bits per heavy atom. The van der Waals surface area contributed by atoms with Crippen LogP contribution in [0, 0.1) is 0 Å². The average Bonchev–Trinajstić information content (AvgIpc) is 3.26. The number of imidazole rings is 1. The van der Waals surface area contributed by atoms with Crippen LogP contribution in [0.25, 0.3) is 27.6 Å². The van der Waals surface area contributed by atoms with Crippen molar-refractivity contribution in [2.75, 3.05) is 13.1 Å².